The van der Waals surface area contributed by atoms with Crippen LogP contribution in [0, 0.1) is 5.82 Å². The minimum atomic E-state index is -4.73. The number of nitrogens with one attached hydrogen (secondary N) is 1. The number of ether oxygens (including phenoxy) is 1. The maximum absolute atomic E-state index is 13.4. The van der Waals surface area contributed by atoms with Crippen molar-refractivity contribution in [3.63, 3.8) is 0 Å². The van der Waals surface area contributed by atoms with Gasteiger partial charge in [0.15, 0.2) is 9.84 Å². The first-order chi connectivity index (χ1) is 22.8. The number of hydrogen-bond acceptors (Lipinski definition) is 7. The molecule has 0 radical (unpaired) electrons. The van der Waals surface area contributed by atoms with Gasteiger partial charge in [-0.25, -0.2) is 12.8 Å². The zero-order chi connectivity index (χ0) is 34.5. The van der Waals surface area contributed by atoms with Gasteiger partial charge in [-0.05, 0) is 73.2 Å². The molecule has 3 heterocycles. The van der Waals surface area contributed by atoms with Crippen LogP contribution in [-0.4, -0.2) is 78.8 Å². The largest absolute Gasteiger partial charge is 0.573 e. The lowest BCUT2D eigenvalue weighted by Gasteiger charge is -2.33. The summed E-state index contributed by atoms with van der Waals surface area (Å²) in [5.74, 6) is -1.40. The smallest absolute Gasteiger partial charge is 0.406 e. The van der Waals surface area contributed by atoms with Gasteiger partial charge in [0, 0.05) is 45.0 Å². The molecule has 9 nitrogen and oxygen atoms in total. The number of hydrogen-bond donors (Lipinski definition) is 1. The van der Waals surface area contributed by atoms with Crippen LogP contribution in [0.4, 0.5) is 17.6 Å². The molecule has 256 valence electrons. The molecule has 2 aliphatic heterocycles. The number of rotatable bonds is 10. The summed E-state index contributed by atoms with van der Waals surface area (Å²) in [6.45, 7) is 6.06. The number of aromatic nitrogens is 1. The van der Waals surface area contributed by atoms with Crippen molar-refractivity contribution in [2.75, 3.05) is 26.2 Å². The van der Waals surface area contributed by atoms with Gasteiger partial charge < -0.3 is 15.0 Å². The third kappa shape index (κ3) is 8.78. The number of halogens is 4. The molecule has 3 aromatic rings. The summed E-state index contributed by atoms with van der Waals surface area (Å²) < 4.78 is 81.2. The number of likely N-dealkylation sites (tertiary alicyclic amines) is 2. The van der Waals surface area contributed by atoms with Gasteiger partial charge in [-0.2, -0.15) is 0 Å². The van der Waals surface area contributed by atoms with E-state index in [1.165, 1.54) is 60.8 Å². The first-order valence-corrected chi connectivity index (χ1v) is 17.2. The van der Waals surface area contributed by atoms with E-state index in [0.717, 1.165) is 5.56 Å². The Morgan fingerprint density at radius 2 is 1.60 bits per heavy atom. The fraction of sp³-hybridized carbons (Fsp3) is 0.382. The Bertz CT molecular complexity index is 1690. The fourth-order valence-electron chi connectivity index (χ4n) is 6.08. The molecule has 0 spiro atoms. The molecule has 2 saturated heterocycles. The van der Waals surface area contributed by atoms with E-state index in [0.29, 0.717) is 43.6 Å². The molecular weight excluding hydrogens is 652 g/mol. The highest BCUT2D eigenvalue weighted by atomic mass is 32.2. The van der Waals surface area contributed by atoms with Gasteiger partial charge in [0.2, 0.25) is 0 Å². The molecule has 1 atom stereocenters. The molecular formula is C34H36F4N4O5S. The number of pyridine rings is 1. The maximum Gasteiger partial charge on any atom is 0.573 e. The topological polar surface area (TPSA) is 109 Å². The molecule has 5 rings (SSSR count). The minimum Gasteiger partial charge on any atom is -0.406 e. The van der Waals surface area contributed by atoms with E-state index >= 15 is 0 Å². The molecule has 2 fully saturated rings. The number of carbonyl (C=O) groups excluding carboxylic acids is 2. The van der Waals surface area contributed by atoms with E-state index in [4.69, 9.17) is 0 Å². The van der Waals surface area contributed by atoms with Crippen LogP contribution >= 0.6 is 0 Å². The first-order valence-electron chi connectivity index (χ1n) is 15.6. The third-order valence-electron chi connectivity index (χ3n) is 8.69. The lowest BCUT2D eigenvalue weighted by atomic mass is 10.0. The highest BCUT2D eigenvalue weighted by molar-refractivity contribution is 7.92. The zero-order valence-electron chi connectivity index (χ0n) is 26.0. The van der Waals surface area contributed by atoms with Crippen molar-refractivity contribution in [2.45, 2.75) is 55.1 Å². The second-order valence-corrected chi connectivity index (χ2v) is 14.3. The number of piperidine rings is 2. The second-order valence-electron chi connectivity index (χ2n) is 11.9. The van der Waals surface area contributed by atoms with Crippen molar-refractivity contribution in [1.82, 2.24) is 20.1 Å². The van der Waals surface area contributed by atoms with Crippen LogP contribution < -0.4 is 10.1 Å². The van der Waals surface area contributed by atoms with E-state index in [2.05, 4.69) is 26.5 Å². The molecule has 48 heavy (non-hydrogen) atoms. The minimum absolute atomic E-state index is 0.0704. The normalized spacial score (nSPS) is 17.5. The van der Waals surface area contributed by atoms with Gasteiger partial charge in [-0.15, -0.1) is 19.8 Å². The SMILES string of the molecule is C=CC(c1ccc(F)cc1)S(=O)(=O)C1CCN(C(=O)c2ccc(C(=O)NC3CCN(Cc4ccc(OC(F)(F)F)cc4)CC3)cn2)CC1. The average Bonchev–Trinajstić information content (AvgIpc) is 3.07. The van der Waals surface area contributed by atoms with Crippen molar-refractivity contribution in [1.29, 1.82) is 0 Å². The Balaban J connectivity index is 1.07. The first kappa shape index (κ1) is 35.0. The standard InChI is InChI=1S/C34H36F4N4O5S/c1-2-31(24-5-8-26(35)9-6-24)48(45,46)29-15-19-42(20-16-29)33(44)30-12-7-25(21-39-30)32(43)40-27-13-17-41(18-14-27)22-23-3-10-28(11-4-23)47-34(36,37)38/h2-12,21,27,29,31H,1,13-20,22H2,(H,40,43). The van der Waals surface area contributed by atoms with Gasteiger partial charge >= 0.3 is 6.36 Å². The molecule has 2 amide bonds. The quantitative estimate of drug-likeness (QED) is 0.223. The second kappa shape index (κ2) is 14.9. The summed E-state index contributed by atoms with van der Waals surface area (Å²) in [7, 11) is -3.68. The van der Waals surface area contributed by atoms with Crippen LogP contribution in [0.15, 0.2) is 79.5 Å². The molecule has 1 N–H and O–H groups in total. The lowest BCUT2D eigenvalue weighted by molar-refractivity contribution is -0.274. The monoisotopic (exact) mass is 688 g/mol. The fourth-order valence-corrected chi connectivity index (χ4v) is 8.17. The number of amides is 2. The summed E-state index contributed by atoms with van der Waals surface area (Å²) in [6.07, 6.45) is -0.191. The van der Waals surface area contributed by atoms with Crippen molar-refractivity contribution in [3.05, 3.63) is 108 Å². The van der Waals surface area contributed by atoms with Crippen LogP contribution in [-0.2, 0) is 16.4 Å². The lowest BCUT2D eigenvalue weighted by Crippen LogP contribution is -2.44. The molecule has 0 bridgehead atoms. The number of carbonyl (C=O) groups is 2. The Morgan fingerprint density at radius 1 is 0.958 bits per heavy atom. The van der Waals surface area contributed by atoms with E-state index in [1.807, 2.05) is 0 Å². The van der Waals surface area contributed by atoms with Crippen LogP contribution in [0.5, 0.6) is 5.75 Å². The van der Waals surface area contributed by atoms with Crippen molar-refractivity contribution in [3.8, 4) is 5.75 Å². The third-order valence-corrected chi connectivity index (χ3v) is 11.3. The van der Waals surface area contributed by atoms with Crippen molar-refractivity contribution in [2.24, 2.45) is 0 Å². The molecule has 0 saturated carbocycles. The van der Waals surface area contributed by atoms with Gasteiger partial charge in [-0.1, -0.05) is 30.3 Å². The molecule has 2 aliphatic rings. The van der Waals surface area contributed by atoms with E-state index in [-0.39, 0.29) is 55.2 Å². The Morgan fingerprint density at radius 3 is 2.17 bits per heavy atom. The number of sulfone groups is 1. The summed E-state index contributed by atoms with van der Waals surface area (Å²) in [5.41, 5.74) is 1.74. The van der Waals surface area contributed by atoms with Gasteiger partial charge in [-0.3, -0.25) is 19.5 Å². The summed E-state index contributed by atoms with van der Waals surface area (Å²) in [6, 6.07) is 14.0. The number of benzene rings is 2. The molecule has 1 unspecified atom stereocenters. The molecule has 1 aromatic heterocycles. The number of alkyl halides is 3. The van der Waals surface area contributed by atoms with Crippen LogP contribution in [0.1, 0.15) is 62.9 Å². The zero-order valence-corrected chi connectivity index (χ0v) is 26.9. The predicted molar refractivity (Wildman–Crippen MR) is 170 cm³/mol. The van der Waals surface area contributed by atoms with E-state index < -0.39 is 32.5 Å². The summed E-state index contributed by atoms with van der Waals surface area (Å²) in [4.78, 5) is 34.0. The highest BCUT2D eigenvalue weighted by Gasteiger charge is 2.37. The van der Waals surface area contributed by atoms with Crippen molar-refractivity contribution < 1.29 is 40.3 Å². The Kier molecular flexibility index (Phi) is 10.8. The van der Waals surface area contributed by atoms with Crippen LogP contribution in [0.25, 0.3) is 0 Å². The van der Waals surface area contributed by atoms with Crippen molar-refractivity contribution >= 4 is 21.7 Å². The highest BCUT2D eigenvalue weighted by Crippen LogP contribution is 2.32. The van der Waals surface area contributed by atoms with Gasteiger partial charge in [0.1, 0.15) is 22.5 Å². The van der Waals surface area contributed by atoms with Gasteiger partial charge in [0.05, 0.1) is 10.8 Å². The summed E-state index contributed by atoms with van der Waals surface area (Å²) >= 11 is 0. The Hall–Kier alpha value is -4.30. The van der Waals surface area contributed by atoms with E-state index in [1.54, 1.807) is 17.0 Å². The average molecular weight is 689 g/mol. The van der Waals surface area contributed by atoms with Crippen LogP contribution in [0.3, 0.4) is 0 Å². The molecule has 0 aliphatic carbocycles. The van der Waals surface area contributed by atoms with Crippen LogP contribution in [0.2, 0.25) is 0 Å². The number of nitrogens with zero attached hydrogens (tertiary/aromatic N) is 3. The molecule has 2 aromatic carbocycles. The predicted octanol–water partition coefficient (Wildman–Crippen LogP) is 5.46. The van der Waals surface area contributed by atoms with E-state index in [9.17, 15) is 35.6 Å². The Labute approximate surface area is 276 Å². The maximum atomic E-state index is 13.4. The molecule has 14 heteroatoms. The summed E-state index contributed by atoms with van der Waals surface area (Å²) in [5, 5.41) is 1.34. The van der Waals surface area contributed by atoms with Gasteiger partial charge in [0.25, 0.3) is 11.8 Å².